The summed E-state index contributed by atoms with van der Waals surface area (Å²) in [6.07, 6.45) is 6.91. The maximum atomic E-state index is 2.62. The van der Waals surface area contributed by atoms with Gasteiger partial charge in [0.15, 0.2) is 0 Å². The predicted molar refractivity (Wildman–Crippen MR) is 235 cm³/mol. The van der Waals surface area contributed by atoms with Gasteiger partial charge in [0.25, 0.3) is 0 Å². The van der Waals surface area contributed by atoms with E-state index >= 15 is 0 Å². The summed E-state index contributed by atoms with van der Waals surface area (Å²) in [5, 5.41) is 5.03. The van der Waals surface area contributed by atoms with Gasteiger partial charge < -0.3 is 4.90 Å². The Hall–Kier alpha value is -6.58. The van der Waals surface area contributed by atoms with Crippen molar-refractivity contribution in [2.45, 2.75) is 46.0 Å². The first-order valence-electron chi connectivity index (χ1n) is 19.9. The molecule has 11 rings (SSSR count). The van der Waals surface area contributed by atoms with Crippen LogP contribution in [-0.4, -0.2) is 0 Å². The molecule has 3 heteroatoms. The number of hydrazine groups is 1. The second-order valence-corrected chi connectivity index (χ2v) is 16.2. The highest BCUT2D eigenvalue weighted by atomic mass is 15.7. The molecule has 56 heavy (non-hydrogen) atoms. The normalized spacial score (nSPS) is 15.6. The number of allylic oxidation sites excluding steroid dienone is 3. The molecule has 3 heterocycles. The van der Waals surface area contributed by atoms with Crippen LogP contribution in [0.4, 0.5) is 34.1 Å². The molecule has 0 fully saturated rings. The van der Waals surface area contributed by atoms with Crippen LogP contribution in [0.25, 0.3) is 44.5 Å². The SMILES string of the molecule is Cc1cccc(C)c1-c1cc2c3c(c1)N1C4=C(CCC=C4)C(C)(C)c4cccc(c41)N3N(c1ccc(-c3ccccc3)cc1)c1cc(-c3ccccc3)ccc1-2. The van der Waals surface area contributed by atoms with E-state index < -0.39 is 0 Å². The molecular weight excluding hydrogens is 679 g/mol. The van der Waals surface area contributed by atoms with Gasteiger partial charge in [-0.05, 0) is 125 Å². The summed E-state index contributed by atoms with van der Waals surface area (Å²) in [7, 11) is 0. The Bertz CT molecular complexity index is 2770. The topological polar surface area (TPSA) is 9.72 Å². The Labute approximate surface area is 330 Å². The van der Waals surface area contributed by atoms with E-state index in [1.807, 2.05) is 0 Å². The van der Waals surface area contributed by atoms with Gasteiger partial charge in [0.05, 0.1) is 34.1 Å². The zero-order valence-electron chi connectivity index (χ0n) is 32.3. The van der Waals surface area contributed by atoms with Crippen LogP contribution in [0.5, 0.6) is 0 Å². The first-order chi connectivity index (χ1) is 27.4. The summed E-state index contributed by atoms with van der Waals surface area (Å²) in [6.45, 7) is 9.37. The summed E-state index contributed by atoms with van der Waals surface area (Å²) in [6, 6.07) is 56.3. The fourth-order valence-electron chi connectivity index (χ4n) is 9.96. The third-order valence-corrected chi connectivity index (χ3v) is 12.6. The van der Waals surface area contributed by atoms with Crippen LogP contribution < -0.4 is 14.9 Å². The molecule has 0 unspecified atom stereocenters. The van der Waals surface area contributed by atoms with Crippen molar-refractivity contribution in [1.29, 1.82) is 0 Å². The molecule has 0 N–H and O–H groups in total. The van der Waals surface area contributed by atoms with Gasteiger partial charge in [-0.3, -0.25) is 0 Å². The first-order valence-corrected chi connectivity index (χ1v) is 19.9. The minimum atomic E-state index is -0.122. The summed E-state index contributed by atoms with van der Waals surface area (Å²) in [4.78, 5) is 2.62. The Morgan fingerprint density at radius 3 is 1.88 bits per heavy atom. The number of aryl methyl sites for hydroxylation is 2. The molecular formula is C53H43N3. The quantitative estimate of drug-likeness (QED) is 0.179. The van der Waals surface area contributed by atoms with Gasteiger partial charge in [-0.25, -0.2) is 10.0 Å². The molecule has 3 nitrogen and oxygen atoms in total. The van der Waals surface area contributed by atoms with Crippen LogP contribution >= 0.6 is 0 Å². The Balaban J connectivity index is 1.25. The number of benzene rings is 7. The lowest BCUT2D eigenvalue weighted by atomic mass is 9.69. The first kappa shape index (κ1) is 32.8. The van der Waals surface area contributed by atoms with Crippen molar-refractivity contribution in [3.63, 3.8) is 0 Å². The van der Waals surface area contributed by atoms with E-state index in [1.54, 1.807) is 0 Å². The maximum absolute atomic E-state index is 2.62. The number of hydrogen-bond donors (Lipinski definition) is 0. The van der Waals surface area contributed by atoms with Crippen LogP contribution in [0.3, 0.4) is 0 Å². The van der Waals surface area contributed by atoms with Crippen molar-refractivity contribution in [2.75, 3.05) is 14.9 Å². The van der Waals surface area contributed by atoms with Gasteiger partial charge in [0.2, 0.25) is 0 Å². The van der Waals surface area contributed by atoms with Crippen molar-refractivity contribution in [1.82, 2.24) is 0 Å². The molecule has 4 aliphatic rings. The lowest BCUT2D eigenvalue weighted by Crippen LogP contribution is -2.45. The zero-order chi connectivity index (χ0) is 37.7. The molecule has 0 atom stereocenters. The highest BCUT2D eigenvalue weighted by molar-refractivity contribution is 6.12. The molecule has 0 radical (unpaired) electrons. The predicted octanol–water partition coefficient (Wildman–Crippen LogP) is 14.5. The molecule has 0 amide bonds. The van der Waals surface area contributed by atoms with Gasteiger partial charge in [-0.15, -0.1) is 0 Å². The van der Waals surface area contributed by atoms with Crippen molar-refractivity contribution in [3.05, 3.63) is 192 Å². The highest BCUT2D eigenvalue weighted by Crippen LogP contribution is 2.65. The lowest BCUT2D eigenvalue weighted by molar-refractivity contribution is 0.570. The molecule has 3 aliphatic heterocycles. The summed E-state index contributed by atoms with van der Waals surface area (Å²) in [5.41, 5.74) is 23.7. The summed E-state index contributed by atoms with van der Waals surface area (Å²) < 4.78 is 0. The average molecular weight is 722 g/mol. The largest absolute Gasteiger partial charge is 0.306 e. The summed E-state index contributed by atoms with van der Waals surface area (Å²) >= 11 is 0. The molecule has 270 valence electrons. The fourth-order valence-corrected chi connectivity index (χ4v) is 9.96. The monoisotopic (exact) mass is 721 g/mol. The maximum Gasteiger partial charge on any atom is 0.0957 e. The minimum Gasteiger partial charge on any atom is -0.306 e. The molecule has 7 aromatic carbocycles. The molecule has 0 saturated heterocycles. The number of anilines is 6. The van der Waals surface area contributed by atoms with Crippen LogP contribution in [0, 0.1) is 13.8 Å². The van der Waals surface area contributed by atoms with Gasteiger partial charge >= 0.3 is 0 Å². The molecule has 0 spiro atoms. The fraction of sp³-hybridized carbons (Fsp3) is 0.132. The van der Waals surface area contributed by atoms with Crippen molar-refractivity contribution in [2.24, 2.45) is 0 Å². The van der Waals surface area contributed by atoms with Crippen LogP contribution in [0.15, 0.2) is 175 Å². The van der Waals surface area contributed by atoms with Crippen LogP contribution in [-0.2, 0) is 5.41 Å². The zero-order valence-corrected chi connectivity index (χ0v) is 32.3. The van der Waals surface area contributed by atoms with E-state index in [0.29, 0.717) is 0 Å². The third-order valence-electron chi connectivity index (χ3n) is 12.6. The van der Waals surface area contributed by atoms with Crippen molar-refractivity contribution >= 4 is 34.1 Å². The van der Waals surface area contributed by atoms with Gasteiger partial charge in [-0.1, -0.05) is 135 Å². The Morgan fingerprint density at radius 2 is 1.14 bits per heavy atom. The van der Waals surface area contributed by atoms with Crippen LogP contribution in [0.1, 0.15) is 43.4 Å². The van der Waals surface area contributed by atoms with Gasteiger partial charge in [0, 0.05) is 22.2 Å². The van der Waals surface area contributed by atoms with E-state index in [0.717, 1.165) is 24.2 Å². The van der Waals surface area contributed by atoms with Crippen molar-refractivity contribution < 1.29 is 0 Å². The van der Waals surface area contributed by atoms with E-state index in [4.69, 9.17) is 0 Å². The van der Waals surface area contributed by atoms with E-state index in [-0.39, 0.29) is 5.41 Å². The third kappa shape index (κ3) is 4.70. The molecule has 0 aromatic heterocycles. The van der Waals surface area contributed by atoms with Crippen molar-refractivity contribution in [3.8, 4) is 44.5 Å². The molecule has 0 saturated carbocycles. The average Bonchev–Trinajstić information content (AvgIpc) is 3.24. The number of nitrogens with zero attached hydrogens (tertiary/aromatic N) is 3. The second kappa shape index (κ2) is 12.2. The smallest absolute Gasteiger partial charge is 0.0957 e. The van der Waals surface area contributed by atoms with Gasteiger partial charge in [-0.2, -0.15) is 0 Å². The lowest BCUT2D eigenvalue weighted by Gasteiger charge is -2.53. The molecule has 0 bridgehead atoms. The molecule has 1 aliphatic carbocycles. The number of rotatable bonds is 4. The number of fused-ring (bicyclic) bond motifs is 5. The van der Waals surface area contributed by atoms with E-state index in [1.165, 1.54) is 95.2 Å². The highest BCUT2D eigenvalue weighted by Gasteiger charge is 2.47. The standard InChI is InChI=1S/C53H43N3/c1-34-15-13-16-35(2)50(34)40-31-43-42-30-27-39(37-19-9-6-10-20-37)32-48(42)55(41-28-25-38(26-29-41)36-17-7-5-8-18-36)56-47-24-14-22-45-52(47)54(49(33-40)51(43)56)46-23-12-11-21-44(46)53(45,3)4/h5-10,12-20,22-33H,11,21H2,1-4H3. The van der Waals surface area contributed by atoms with Gasteiger partial charge in [0.1, 0.15) is 0 Å². The molecule has 7 aromatic rings. The Kier molecular flexibility index (Phi) is 7.16. The Morgan fingerprint density at radius 1 is 0.500 bits per heavy atom. The number of hydrogen-bond acceptors (Lipinski definition) is 3. The van der Waals surface area contributed by atoms with E-state index in [2.05, 4.69) is 206 Å². The minimum absolute atomic E-state index is 0.122. The van der Waals surface area contributed by atoms with Crippen LogP contribution in [0.2, 0.25) is 0 Å². The van der Waals surface area contributed by atoms with E-state index in [9.17, 15) is 0 Å². The second-order valence-electron chi connectivity index (χ2n) is 16.2. The summed E-state index contributed by atoms with van der Waals surface area (Å²) in [5.74, 6) is 0. The number of para-hydroxylation sites is 1.